The van der Waals surface area contributed by atoms with Gasteiger partial charge in [0.25, 0.3) is 0 Å². The summed E-state index contributed by atoms with van der Waals surface area (Å²) < 4.78 is 11.1. The number of amides is 1. The maximum atomic E-state index is 11.4. The van der Waals surface area contributed by atoms with E-state index >= 15 is 0 Å². The predicted molar refractivity (Wildman–Crippen MR) is 86.9 cm³/mol. The smallest absolute Gasteiger partial charge is 0.222 e. The number of rotatable bonds is 4. The van der Waals surface area contributed by atoms with Gasteiger partial charge in [0, 0.05) is 6.92 Å². The van der Waals surface area contributed by atoms with Crippen molar-refractivity contribution in [3.8, 4) is 17.2 Å². The molecule has 6 heteroatoms. The number of hydrogen-bond acceptors (Lipinski definition) is 5. The monoisotopic (exact) mass is 309 g/mol. The summed E-state index contributed by atoms with van der Waals surface area (Å²) in [6.45, 7) is 1.43. The van der Waals surface area contributed by atoms with Gasteiger partial charge in [0.15, 0.2) is 0 Å². The molecule has 116 valence electrons. The fourth-order valence-corrected chi connectivity index (χ4v) is 2.20. The number of aromatic nitrogens is 2. The van der Waals surface area contributed by atoms with Gasteiger partial charge in [-0.2, -0.15) is 0 Å². The molecule has 0 radical (unpaired) electrons. The molecule has 23 heavy (non-hydrogen) atoms. The van der Waals surface area contributed by atoms with Crippen LogP contribution in [0.15, 0.2) is 48.8 Å². The highest BCUT2D eigenvalue weighted by molar-refractivity contribution is 6.01. The van der Waals surface area contributed by atoms with Crippen molar-refractivity contribution in [3.63, 3.8) is 0 Å². The zero-order valence-corrected chi connectivity index (χ0v) is 12.7. The molecule has 0 bridgehead atoms. The Balaban J connectivity index is 2.03. The van der Waals surface area contributed by atoms with E-state index in [1.54, 1.807) is 25.3 Å². The number of fused-ring (bicyclic) bond motifs is 1. The second-order valence-electron chi connectivity index (χ2n) is 4.83. The predicted octanol–water partition coefficient (Wildman–Crippen LogP) is 3.39. The summed E-state index contributed by atoms with van der Waals surface area (Å²) in [6, 6.07) is 12.7. The molecule has 3 rings (SSSR count). The molecule has 0 aliphatic rings. The van der Waals surface area contributed by atoms with Gasteiger partial charge in [-0.15, -0.1) is 0 Å². The Labute approximate surface area is 133 Å². The van der Waals surface area contributed by atoms with E-state index in [2.05, 4.69) is 15.3 Å². The Bertz CT molecular complexity index is 842. The molecular weight excluding hydrogens is 294 g/mol. The molecule has 0 unspecified atom stereocenters. The van der Waals surface area contributed by atoms with Crippen LogP contribution < -0.4 is 14.8 Å². The number of nitrogens with one attached hydrogen (secondary N) is 1. The molecule has 0 aliphatic carbocycles. The highest BCUT2D eigenvalue weighted by Gasteiger charge is 2.11. The van der Waals surface area contributed by atoms with Gasteiger partial charge in [0.1, 0.15) is 29.4 Å². The molecule has 0 aliphatic heterocycles. The van der Waals surface area contributed by atoms with Crippen molar-refractivity contribution in [2.75, 3.05) is 12.4 Å². The minimum atomic E-state index is -0.204. The first-order valence-corrected chi connectivity index (χ1v) is 7.00. The molecule has 0 fully saturated rings. The third-order valence-electron chi connectivity index (χ3n) is 3.21. The molecule has 0 atom stereocenters. The first-order chi connectivity index (χ1) is 11.2. The molecule has 2 aromatic carbocycles. The highest BCUT2D eigenvalue weighted by atomic mass is 16.5. The summed E-state index contributed by atoms with van der Waals surface area (Å²) in [4.78, 5) is 19.7. The lowest BCUT2D eigenvalue weighted by Crippen LogP contribution is -2.08. The van der Waals surface area contributed by atoms with Gasteiger partial charge in [-0.1, -0.05) is 6.07 Å². The number of carbonyl (C=O) groups excluding carboxylic acids is 1. The van der Waals surface area contributed by atoms with E-state index < -0.39 is 0 Å². The summed E-state index contributed by atoms with van der Waals surface area (Å²) in [5.41, 5.74) is 0.690. The molecule has 1 amide bonds. The lowest BCUT2D eigenvalue weighted by atomic mass is 10.2. The molecular formula is C17H15N3O3. The van der Waals surface area contributed by atoms with Crippen molar-refractivity contribution in [2.45, 2.75) is 6.92 Å². The number of ether oxygens (including phenoxy) is 2. The largest absolute Gasteiger partial charge is 0.497 e. The van der Waals surface area contributed by atoms with Crippen LogP contribution in [0.5, 0.6) is 17.2 Å². The van der Waals surface area contributed by atoms with Gasteiger partial charge in [-0.25, -0.2) is 9.97 Å². The lowest BCUT2D eigenvalue weighted by molar-refractivity contribution is -0.114. The molecule has 3 aromatic rings. The van der Waals surface area contributed by atoms with E-state index in [0.29, 0.717) is 28.2 Å². The standard InChI is InChI=1S/C17H15N3O3/c1-11(21)20-17-16-14(18-10-19-17)4-3-5-15(16)23-13-8-6-12(22-2)7-9-13/h3-10H,1-2H3,(H,18,19,20,21). The number of nitrogens with zero attached hydrogens (tertiary/aromatic N) is 2. The van der Waals surface area contributed by atoms with Crippen LogP contribution in [0.3, 0.4) is 0 Å². The first kappa shape index (κ1) is 14.8. The van der Waals surface area contributed by atoms with E-state index in [0.717, 1.165) is 5.75 Å². The van der Waals surface area contributed by atoms with Crippen molar-refractivity contribution >= 4 is 22.6 Å². The maximum absolute atomic E-state index is 11.4. The summed E-state index contributed by atoms with van der Waals surface area (Å²) in [5, 5.41) is 3.36. The minimum absolute atomic E-state index is 0.204. The Kier molecular flexibility index (Phi) is 4.05. The molecule has 1 aromatic heterocycles. The van der Waals surface area contributed by atoms with E-state index in [-0.39, 0.29) is 5.91 Å². The van der Waals surface area contributed by atoms with Gasteiger partial charge in [0.2, 0.25) is 5.91 Å². The van der Waals surface area contributed by atoms with Crippen LogP contribution in [0.1, 0.15) is 6.92 Å². The van der Waals surface area contributed by atoms with Crippen molar-refractivity contribution in [1.29, 1.82) is 0 Å². The topological polar surface area (TPSA) is 73.3 Å². The van der Waals surface area contributed by atoms with Crippen molar-refractivity contribution < 1.29 is 14.3 Å². The third-order valence-corrected chi connectivity index (χ3v) is 3.21. The van der Waals surface area contributed by atoms with Gasteiger partial charge in [0.05, 0.1) is 18.0 Å². The Morgan fingerprint density at radius 1 is 1.04 bits per heavy atom. The average Bonchev–Trinajstić information content (AvgIpc) is 2.55. The van der Waals surface area contributed by atoms with Crippen molar-refractivity contribution in [3.05, 3.63) is 48.8 Å². The van der Waals surface area contributed by atoms with Crippen LogP contribution in [0.2, 0.25) is 0 Å². The van der Waals surface area contributed by atoms with Crippen LogP contribution in [-0.4, -0.2) is 23.0 Å². The Hall–Kier alpha value is -3.15. The van der Waals surface area contributed by atoms with E-state index in [4.69, 9.17) is 9.47 Å². The fourth-order valence-electron chi connectivity index (χ4n) is 2.20. The lowest BCUT2D eigenvalue weighted by Gasteiger charge is -2.12. The molecule has 0 saturated carbocycles. The normalized spacial score (nSPS) is 10.3. The zero-order chi connectivity index (χ0) is 16.2. The van der Waals surface area contributed by atoms with Gasteiger partial charge < -0.3 is 14.8 Å². The Morgan fingerprint density at radius 2 is 1.78 bits per heavy atom. The molecule has 1 N–H and O–H groups in total. The highest BCUT2D eigenvalue weighted by Crippen LogP contribution is 2.33. The number of hydrogen-bond donors (Lipinski definition) is 1. The maximum Gasteiger partial charge on any atom is 0.222 e. The number of carbonyl (C=O) groups is 1. The molecule has 6 nitrogen and oxygen atoms in total. The van der Waals surface area contributed by atoms with E-state index in [1.165, 1.54) is 13.3 Å². The van der Waals surface area contributed by atoms with Gasteiger partial charge in [-0.3, -0.25) is 4.79 Å². The zero-order valence-electron chi connectivity index (χ0n) is 12.7. The van der Waals surface area contributed by atoms with Crippen LogP contribution >= 0.6 is 0 Å². The number of anilines is 1. The molecule has 0 saturated heterocycles. The second-order valence-corrected chi connectivity index (χ2v) is 4.83. The van der Waals surface area contributed by atoms with Crippen LogP contribution in [0, 0.1) is 0 Å². The first-order valence-electron chi connectivity index (χ1n) is 7.00. The van der Waals surface area contributed by atoms with Crippen molar-refractivity contribution in [1.82, 2.24) is 9.97 Å². The second kappa shape index (κ2) is 6.31. The summed E-state index contributed by atoms with van der Waals surface area (Å²) in [5.74, 6) is 2.18. The number of methoxy groups -OCH3 is 1. The summed E-state index contributed by atoms with van der Waals surface area (Å²) in [6.07, 6.45) is 1.41. The Morgan fingerprint density at radius 3 is 2.48 bits per heavy atom. The van der Waals surface area contributed by atoms with Crippen molar-refractivity contribution in [2.24, 2.45) is 0 Å². The minimum Gasteiger partial charge on any atom is -0.497 e. The van der Waals surface area contributed by atoms with Gasteiger partial charge in [-0.05, 0) is 36.4 Å². The van der Waals surface area contributed by atoms with E-state index in [9.17, 15) is 4.79 Å². The van der Waals surface area contributed by atoms with E-state index in [1.807, 2.05) is 24.3 Å². The number of benzene rings is 2. The summed E-state index contributed by atoms with van der Waals surface area (Å²) >= 11 is 0. The van der Waals surface area contributed by atoms with Gasteiger partial charge >= 0.3 is 0 Å². The summed E-state index contributed by atoms with van der Waals surface area (Å²) in [7, 11) is 1.61. The molecule has 1 heterocycles. The average molecular weight is 309 g/mol. The quantitative estimate of drug-likeness (QED) is 0.799. The SMILES string of the molecule is COc1ccc(Oc2cccc3ncnc(NC(C)=O)c23)cc1. The van der Waals surface area contributed by atoms with Crippen LogP contribution in [-0.2, 0) is 4.79 Å². The molecule has 0 spiro atoms. The van der Waals surface area contributed by atoms with Crippen LogP contribution in [0.25, 0.3) is 10.9 Å². The third kappa shape index (κ3) is 3.21. The van der Waals surface area contributed by atoms with Crippen LogP contribution in [0.4, 0.5) is 5.82 Å². The fraction of sp³-hybridized carbons (Fsp3) is 0.118.